The van der Waals surface area contributed by atoms with Crippen molar-refractivity contribution in [1.29, 1.82) is 0 Å². The Labute approximate surface area is 133 Å². The molecule has 0 aliphatic rings. The van der Waals surface area contributed by atoms with Gasteiger partial charge in [-0.3, -0.25) is 14.4 Å². The van der Waals surface area contributed by atoms with Crippen molar-refractivity contribution in [2.75, 3.05) is 10.6 Å². The molecule has 0 heterocycles. The number of hydrogen-bond acceptors (Lipinski definition) is 3. The zero-order chi connectivity index (χ0) is 17.1. The second kappa shape index (κ2) is 6.79. The van der Waals surface area contributed by atoms with Crippen molar-refractivity contribution >= 4 is 40.8 Å². The number of carboxylic acid groups (broad SMARTS) is 1. The Balaban J connectivity index is 3.01. The van der Waals surface area contributed by atoms with Gasteiger partial charge in [0.05, 0.1) is 10.7 Å². The Morgan fingerprint density at radius 1 is 1.18 bits per heavy atom. The number of nitrogens with one attached hydrogen (secondary N) is 2. The van der Waals surface area contributed by atoms with Gasteiger partial charge in [-0.05, 0) is 23.6 Å². The molecule has 0 bridgehead atoms. The third-order valence-electron chi connectivity index (χ3n) is 2.92. The number of hydrogen-bond donors (Lipinski definition) is 3. The van der Waals surface area contributed by atoms with E-state index < -0.39 is 23.2 Å². The predicted octanol–water partition coefficient (Wildman–Crippen LogP) is 2.98. The molecule has 0 saturated carbocycles. The van der Waals surface area contributed by atoms with Gasteiger partial charge in [-0.25, -0.2) is 0 Å². The minimum atomic E-state index is -1.20. The average molecular weight is 327 g/mol. The predicted molar refractivity (Wildman–Crippen MR) is 85.0 cm³/mol. The Morgan fingerprint density at radius 3 is 2.23 bits per heavy atom. The van der Waals surface area contributed by atoms with Crippen LogP contribution in [0.3, 0.4) is 0 Å². The van der Waals surface area contributed by atoms with E-state index in [1.54, 1.807) is 20.8 Å². The third kappa shape index (κ3) is 4.73. The highest BCUT2D eigenvalue weighted by Crippen LogP contribution is 2.29. The molecule has 0 aliphatic heterocycles. The van der Waals surface area contributed by atoms with E-state index in [1.165, 1.54) is 25.1 Å². The topological polar surface area (TPSA) is 95.5 Å². The van der Waals surface area contributed by atoms with E-state index in [4.69, 9.17) is 11.6 Å². The highest BCUT2D eigenvalue weighted by molar-refractivity contribution is 6.33. The molecule has 1 aromatic carbocycles. The zero-order valence-electron chi connectivity index (χ0n) is 12.9. The molecule has 2 amide bonds. The summed E-state index contributed by atoms with van der Waals surface area (Å²) in [5.74, 6) is -3.33. The van der Waals surface area contributed by atoms with Crippen LogP contribution in [0.4, 0.5) is 11.4 Å². The molecule has 1 aromatic rings. The minimum Gasteiger partial charge on any atom is -0.481 e. The summed E-state index contributed by atoms with van der Waals surface area (Å²) in [7, 11) is 0. The second-order valence-corrected chi connectivity index (χ2v) is 6.41. The van der Waals surface area contributed by atoms with Crippen LogP contribution in [0.25, 0.3) is 0 Å². The average Bonchev–Trinajstić information content (AvgIpc) is 2.30. The fourth-order valence-electron chi connectivity index (χ4n) is 1.98. The first kappa shape index (κ1) is 18.0. The summed E-state index contributed by atoms with van der Waals surface area (Å²) in [5.41, 5.74) is -0.0359. The van der Waals surface area contributed by atoms with E-state index in [0.29, 0.717) is 16.4 Å². The highest BCUT2D eigenvalue weighted by Gasteiger charge is 2.37. The van der Waals surface area contributed by atoms with E-state index in [9.17, 15) is 19.5 Å². The fraction of sp³-hybridized carbons (Fsp3) is 0.400. The molecule has 6 nitrogen and oxygen atoms in total. The summed E-state index contributed by atoms with van der Waals surface area (Å²) in [6, 6.07) is 4.52. The van der Waals surface area contributed by atoms with Crippen LogP contribution < -0.4 is 10.6 Å². The molecule has 0 aromatic heterocycles. The molecule has 0 spiro atoms. The van der Waals surface area contributed by atoms with Crippen LogP contribution in [0.1, 0.15) is 27.7 Å². The summed E-state index contributed by atoms with van der Waals surface area (Å²) in [5, 5.41) is 14.6. The summed E-state index contributed by atoms with van der Waals surface area (Å²) in [4.78, 5) is 34.6. The first-order valence-electron chi connectivity index (χ1n) is 6.63. The molecular weight excluding hydrogens is 308 g/mol. The number of carboxylic acids is 1. The maximum absolute atomic E-state index is 12.2. The van der Waals surface area contributed by atoms with Gasteiger partial charge in [0, 0.05) is 12.6 Å². The zero-order valence-corrected chi connectivity index (χ0v) is 13.6. The van der Waals surface area contributed by atoms with Crippen molar-refractivity contribution in [3.63, 3.8) is 0 Å². The molecule has 120 valence electrons. The number of amides is 2. The molecule has 0 aliphatic carbocycles. The number of halogens is 1. The van der Waals surface area contributed by atoms with Crippen LogP contribution in [0.15, 0.2) is 18.2 Å². The highest BCUT2D eigenvalue weighted by atomic mass is 35.5. The molecule has 3 N–H and O–H groups in total. The number of carbonyl (C=O) groups excluding carboxylic acids is 2. The molecule has 22 heavy (non-hydrogen) atoms. The molecule has 0 fully saturated rings. The monoisotopic (exact) mass is 326 g/mol. The number of anilines is 2. The van der Waals surface area contributed by atoms with Crippen LogP contribution in [0, 0.1) is 11.3 Å². The van der Waals surface area contributed by atoms with Gasteiger partial charge in [-0.15, -0.1) is 0 Å². The number of carbonyl (C=O) groups is 3. The van der Waals surface area contributed by atoms with Crippen molar-refractivity contribution in [3.05, 3.63) is 23.2 Å². The number of rotatable bonds is 4. The van der Waals surface area contributed by atoms with Gasteiger partial charge in [0.2, 0.25) is 11.8 Å². The quantitative estimate of drug-likeness (QED) is 0.741. The first-order chi connectivity index (χ1) is 10.0. The van der Waals surface area contributed by atoms with Gasteiger partial charge in [-0.2, -0.15) is 0 Å². The van der Waals surface area contributed by atoms with Crippen molar-refractivity contribution in [2.24, 2.45) is 11.3 Å². The fourth-order valence-corrected chi connectivity index (χ4v) is 2.14. The maximum Gasteiger partial charge on any atom is 0.316 e. The van der Waals surface area contributed by atoms with Gasteiger partial charge in [-0.1, -0.05) is 32.4 Å². The molecule has 0 saturated heterocycles. The standard InChI is InChI=1S/C15H19ClN2O4/c1-8(19)17-11-7-9(5-6-10(11)16)18-13(20)12(14(21)22)15(2,3)4/h5-7,12H,1-4H3,(H,17,19)(H,18,20)(H,21,22). The Hall–Kier alpha value is -2.08. The summed E-state index contributed by atoms with van der Waals surface area (Å²) < 4.78 is 0. The Kier molecular flexibility index (Phi) is 5.54. The van der Waals surface area contributed by atoms with Crippen molar-refractivity contribution < 1.29 is 19.5 Å². The lowest BCUT2D eigenvalue weighted by atomic mass is 9.80. The lowest BCUT2D eigenvalue weighted by Crippen LogP contribution is -2.39. The first-order valence-corrected chi connectivity index (χ1v) is 7.01. The van der Waals surface area contributed by atoms with E-state index in [-0.39, 0.29) is 5.91 Å². The van der Waals surface area contributed by atoms with Crippen molar-refractivity contribution in [3.8, 4) is 0 Å². The lowest BCUT2D eigenvalue weighted by Gasteiger charge is -2.26. The smallest absolute Gasteiger partial charge is 0.316 e. The molecule has 7 heteroatoms. The largest absolute Gasteiger partial charge is 0.481 e. The van der Waals surface area contributed by atoms with E-state index in [2.05, 4.69) is 10.6 Å². The van der Waals surface area contributed by atoms with Gasteiger partial charge in [0.25, 0.3) is 0 Å². The van der Waals surface area contributed by atoms with E-state index in [0.717, 1.165) is 0 Å². The van der Waals surface area contributed by atoms with Crippen molar-refractivity contribution in [1.82, 2.24) is 0 Å². The molecule has 0 radical (unpaired) electrons. The summed E-state index contributed by atoms with van der Waals surface area (Å²) in [6.07, 6.45) is 0. The Bertz CT molecular complexity index is 608. The van der Waals surface area contributed by atoms with E-state index >= 15 is 0 Å². The van der Waals surface area contributed by atoms with E-state index in [1.807, 2.05) is 0 Å². The SMILES string of the molecule is CC(=O)Nc1cc(NC(=O)C(C(=O)O)C(C)(C)C)ccc1Cl. The summed E-state index contributed by atoms with van der Waals surface area (Å²) >= 11 is 5.94. The third-order valence-corrected chi connectivity index (χ3v) is 3.25. The van der Waals surface area contributed by atoms with Gasteiger partial charge in [0.15, 0.2) is 0 Å². The molecule has 1 atom stereocenters. The maximum atomic E-state index is 12.2. The molecular formula is C15H19ClN2O4. The van der Waals surface area contributed by atoms with Crippen molar-refractivity contribution in [2.45, 2.75) is 27.7 Å². The number of benzene rings is 1. The normalized spacial score (nSPS) is 12.4. The minimum absolute atomic E-state index is 0.302. The van der Waals surface area contributed by atoms with Gasteiger partial charge >= 0.3 is 5.97 Å². The molecule has 1 rings (SSSR count). The second-order valence-electron chi connectivity index (χ2n) is 6.00. The van der Waals surface area contributed by atoms with Crippen LogP contribution in [0.2, 0.25) is 5.02 Å². The van der Waals surface area contributed by atoms with Crippen LogP contribution >= 0.6 is 11.6 Å². The Morgan fingerprint density at radius 2 is 1.77 bits per heavy atom. The molecule has 1 unspecified atom stereocenters. The van der Waals surface area contributed by atoms with Gasteiger partial charge in [0.1, 0.15) is 5.92 Å². The van der Waals surface area contributed by atoms with Gasteiger partial charge < -0.3 is 15.7 Å². The van der Waals surface area contributed by atoms with Crippen LogP contribution in [-0.2, 0) is 14.4 Å². The van der Waals surface area contributed by atoms with Crippen LogP contribution in [-0.4, -0.2) is 22.9 Å². The number of aliphatic carboxylic acids is 1. The summed E-state index contributed by atoms with van der Waals surface area (Å²) in [6.45, 7) is 6.36. The lowest BCUT2D eigenvalue weighted by molar-refractivity contribution is -0.149. The van der Waals surface area contributed by atoms with Crippen LogP contribution in [0.5, 0.6) is 0 Å².